The summed E-state index contributed by atoms with van der Waals surface area (Å²) in [6.07, 6.45) is 4.21. The second-order valence-electron chi connectivity index (χ2n) is 8.80. The number of hydrogen-bond donors (Lipinski definition) is 1. The van der Waals surface area contributed by atoms with Gasteiger partial charge in [0.2, 0.25) is 5.95 Å². The maximum atomic E-state index is 4.59. The van der Waals surface area contributed by atoms with Gasteiger partial charge in [0, 0.05) is 39.4 Å². The summed E-state index contributed by atoms with van der Waals surface area (Å²) in [7, 11) is 3.93. The van der Waals surface area contributed by atoms with Gasteiger partial charge < -0.3 is 10.2 Å². The van der Waals surface area contributed by atoms with Crippen LogP contribution in [0.3, 0.4) is 0 Å². The van der Waals surface area contributed by atoms with Crippen molar-refractivity contribution in [1.29, 1.82) is 0 Å². The van der Waals surface area contributed by atoms with Crippen LogP contribution in [0.25, 0.3) is 0 Å². The highest BCUT2D eigenvalue weighted by Crippen LogP contribution is 2.23. The highest BCUT2D eigenvalue weighted by atomic mass is 15.2. The van der Waals surface area contributed by atoms with E-state index in [4.69, 9.17) is 0 Å². The molecule has 1 unspecified atom stereocenters. The first-order valence-electron chi connectivity index (χ1n) is 9.90. The molecular weight excluding hydrogens is 334 g/mol. The van der Waals surface area contributed by atoms with Crippen LogP contribution in [0.15, 0.2) is 36.5 Å². The molecule has 0 radical (unpaired) electrons. The van der Waals surface area contributed by atoms with Gasteiger partial charge in [-0.1, -0.05) is 45.0 Å². The van der Waals surface area contributed by atoms with Crippen LogP contribution in [0.2, 0.25) is 0 Å². The van der Waals surface area contributed by atoms with Crippen molar-refractivity contribution in [3.63, 3.8) is 0 Å². The first-order chi connectivity index (χ1) is 12.8. The largest absolute Gasteiger partial charge is 0.366 e. The molecule has 5 heteroatoms. The minimum Gasteiger partial charge on any atom is -0.366 e. The Morgan fingerprint density at radius 2 is 1.89 bits per heavy atom. The lowest BCUT2D eigenvalue weighted by molar-refractivity contribution is 0.208. The summed E-state index contributed by atoms with van der Waals surface area (Å²) >= 11 is 0. The molecule has 1 N–H and O–H groups in total. The van der Waals surface area contributed by atoms with E-state index >= 15 is 0 Å². The molecule has 146 valence electrons. The van der Waals surface area contributed by atoms with Crippen molar-refractivity contribution in [2.75, 3.05) is 37.4 Å². The fourth-order valence-electron chi connectivity index (χ4n) is 3.54. The number of aromatic nitrogens is 2. The number of piperidine rings is 1. The van der Waals surface area contributed by atoms with Gasteiger partial charge in [0.05, 0.1) is 0 Å². The van der Waals surface area contributed by atoms with Gasteiger partial charge in [0.1, 0.15) is 5.82 Å². The van der Waals surface area contributed by atoms with E-state index in [2.05, 4.69) is 65.2 Å². The molecule has 2 heterocycles. The van der Waals surface area contributed by atoms with Crippen LogP contribution in [0, 0.1) is 0 Å². The maximum Gasteiger partial charge on any atom is 0.226 e. The van der Waals surface area contributed by atoms with Crippen molar-refractivity contribution in [3.05, 3.63) is 47.7 Å². The average molecular weight is 368 g/mol. The third-order valence-electron chi connectivity index (χ3n) is 5.13. The number of rotatable bonds is 5. The highest BCUT2D eigenvalue weighted by Gasteiger charge is 2.21. The van der Waals surface area contributed by atoms with Crippen LogP contribution in [-0.4, -0.2) is 48.1 Å². The standard InChI is InChI=1S/C22H33N5/c1-22(2,3)18-10-8-17(9-11-18)15-27-14-6-7-19(16-27)24-20-12-13-23-21(25-20)26(4)5/h8-13,19H,6-7,14-16H2,1-5H3,(H,23,24,25). The fraction of sp³-hybridized carbons (Fsp3) is 0.545. The van der Waals surface area contributed by atoms with Gasteiger partial charge in [0.25, 0.3) is 0 Å². The summed E-state index contributed by atoms with van der Waals surface area (Å²) in [4.78, 5) is 13.4. The zero-order valence-corrected chi connectivity index (χ0v) is 17.4. The van der Waals surface area contributed by atoms with Crippen LogP contribution in [0.5, 0.6) is 0 Å². The van der Waals surface area contributed by atoms with E-state index in [0.29, 0.717) is 6.04 Å². The number of nitrogens with one attached hydrogen (secondary N) is 1. The van der Waals surface area contributed by atoms with Crippen molar-refractivity contribution < 1.29 is 0 Å². The molecule has 1 saturated heterocycles. The molecular formula is C22H33N5. The zero-order valence-electron chi connectivity index (χ0n) is 17.4. The van der Waals surface area contributed by atoms with Crippen molar-refractivity contribution in [3.8, 4) is 0 Å². The fourth-order valence-corrected chi connectivity index (χ4v) is 3.54. The Balaban J connectivity index is 1.58. The Kier molecular flexibility index (Phi) is 6.00. The van der Waals surface area contributed by atoms with Gasteiger partial charge in [0.15, 0.2) is 0 Å². The molecule has 27 heavy (non-hydrogen) atoms. The summed E-state index contributed by atoms with van der Waals surface area (Å²) in [5, 5.41) is 3.60. The highest BCUT2D eigenvalue weighted by molar-refractivity contribution is 5.41. The molecule has 2 aromatic rings. The Bertz CT molecular complexity index is 733. The third-order valence-corrected chi connectivity index (χ3v) is 5.13. The van der Waals surface area contributed by atoms with Crippen LogP contribution in [-0.2, 0) is 12.0 Å². The lowest BCUT2D eigenvalue weighted by Gasteiger charge is -2.33. The molecule has 1 aromatic heterocycles. The number of nitrogens with zero attached hydrogens (tertiary/aromatic N) is 4. The Hall–Kier alpha value is -2.14. The maximum absolute atomic E-state index is 4.59. The normalized spacial score (nSPS) is 18.3. The molecule has 1 aliphatic heterocycles. The minimum absolute atomic E-state index is 0.210. The van der Waals surface area contributed by atoms with Gasteiger partial charge in [-0.3, -0.25) is 4.90 Å². The van der Waals surface area contributed by atoms with E-state index in [1.807, 2.05) is 31.3 Å². The number of anilines is 2. The van der Waals surface area contributed by atoms with Gasteiger partial charge >= 0.3 is 0 Å². The molecule has 0 aliphatic carbocycles. The number of benzene rings is 1. The van der Waals surface area contributed by atoms with Crippen LogP contribution in [0.1, 0.15) is 44.7 Å². The summed E-state index contributed by atoms with van der Waals surface area (Å²) in [5.41, 5.74) is 2.99. The molecule has 0 bridgehead atoms. The molecule has 1 aliphatic rings. The molecule has 0 spiro atoms. The average Bonchev–Trinajstić information content (AvgIpc) is 2.62. The molecule has 0 amide bonds. The van der Waals surface area contributed by atoms with E-state index in [9.17, 15) is 0 Å². The van der Waals surface area contributed by atoms with E-state index in [1.54, 1.807) is 0 Å². The van der Waals surface area contributed by atoms with Gasteiger partial charge in [-0.15, -0.1) is 0 Å². The predicted molar refractivity (Wildman–Crippen MR) is 113 cm³/mol. The van der Waals surface area contributed by atoms with E-state index in [1.165, 1.54) is 24.0 Å². The Morgan fingerprint density at radius 1 is 1.15 bits per heavy atom. The number of hydrogen-bond acceptors (Lipinski definition) is 5. The number of likely N-dealkylation sites (tertiary alicyclic amines) is 1. The Morgan fingerprint density at radius 3 is 2.56 bits per heavy atom. The molecule has 3 rings (SSSR count). The summed E-state index contributed by atoms with van der Waals surface area (Å²) < 4.78 is 0. The van der Waals surface area contributed by atoms with Gasteiger partial charge in [-0.25, -0.2) is 4.98 Å². The van der Waals surface area contributed by atoms with E-state index in [0.717, 1.165) is 31.4 Å². The van der Waals surface area contributed by atoms with E-state index < -0.39 is 0 Å². The smallest absolute Gasteiger partial charge is 0.226 e. The summed E-state index contributed by atoms with van der Waals surface area (Å²) in [6.45, 7) is 10.00. The molecule has 0 saturated carbocycles. The van der Waals surface area contributed by atoms with Crippen molar-refractivity contribution in [1.82, 2.24) is 14.9 Å². The van der Waals surface area contributed by atoms with Crippen molar-refractivity contribution >= 4 is 11.8 Å². The predicted octanol–water partition coefficient (Wildman–Crippen LogP) is 3.92. The third kappa shape index (κ3) is 5.42. The Labute approximate surface area is 163 Å². The van der Waals surface area contributed by atoms with E-state index in [-0.39, 0.29) is 5.41 Å². The van der Waals surface area contributed by atoms with Crippen LogP contribution >= 0.6 is 0 Å². The molecule has 1 aromatic carbocycles. The zero-order chi connectivity index (χ0) is 19.4. The van der Waals surface area contributed by atoms with Crippen molar-refractivity contribution in [2.24, 2.45) is 0 Å². The first-order valence-corrected chi connectivity index (χ1v) is 9.90. The van der Waals surface area contributed by atoms with Gasteiger partial charge in [-0.2, -0.15) is 4.98 Å². The lowest BCUT2D eigenvalue weighted by atomic mass is 9.86. The van der Waals surface area contributed by atoms with Crippen LogP contribution in [0.4, 0.5) is 11.8 Å². The second-order valence-corrected chi connectivity index (χ2v) is 8.80. The molecule has 1 atom stereocenters. The lowest BCUT2D eigenvalue weighted by Crippen LogP contribution is -2.41. The van der Waals surface area contributed by atoms with Crippen LogP contribution < -0.4 is 10.2 Å². The topological polar surface area (TPSA) is 44.3 Å². The first kappa shape index (κ1) is 19.6. The molecule has 1 fully saturated rings. The molecule has 5 nitrogen and oxygen atoms in total. The second kappa shape index (κ2) is 8.26. The quantitative estimate of drug-likeness (QED) is 0.868. The summed E-state index contributed by atoms with van der Waals surface area (Å²) in [6, 6.07) is 11.5. The monoisotopic (exact) mass is 367 g/mol. The van der Waals surface area contributed by atoms with Gasteiger partial charge in [-0.05, 0) is 42.0 Å². The SMILES string of the molecule is CN(C)c1nccc(NC2CCCN(Cc3ccc(C(C)(C)C)cc3)C2)n1. The van der Waals surface area contributed by atoms with Crippen molar-refractivity contribution in [2.45, 2.75) is 51.6 Å². The minimum atomic E-state index is 0.210. The summed E-state index contributed by atoms with van der Waals surface area (Å²) in [5.74, 6) is 1.65.